The lowest BCUT2D eigenvalue weighted by Crippen LogP contribution is -2.25. The van der Waals surface area contributed by atoms with Gasteiger partial charge < -0.3 is 4.90 Å². The van der Waals surface area contributed by atoms with Crippen molar-refractivity contribution in [1.29, 1.82) is 5.26 Å². The van der Waals surface area contributed by atoms with Gasteiger partial charge in [0.05, 0.1) is 12.5 Å². The van der Waals surface area contributed by atoms with Gasteiger partial charge in [-0.1, -0.05) is 42.1 Å². The topological polar surface area (TPSA) is 27.0 Å². The second-order valence-electron chi connectivity index (χ2n) is 4.43. The summed E-state index contributed by atoms with van der Waals surface area (Å²) >= 11 is 3.45. The summed E-state index contributed by atoms with van der Waals surface area (Å²) in [5, 5.41) is 8.73. The Morgan fingerprint density at radius 1 is 1.11 bits per heavy atom. The monoisotopic (exact) mass is 308 g/mol. The fourth-order valence-electron chi connectivity index (χ4n) is 1.94. The second kappa shape index (κ2) is 8.99. The maximum absolute atomic E-state index is 8.73. The van der Waals surface area contributed by atoms with Crippen LogP contribution in [0.3, 0.4) is 0 Å². The molecule has 0 N–H and O–H groups in total. The molecule has 0 spiro atoms. The molecule has 0 fully saturated rings. The van der Waals surface area contributed by atoms with Crippen molar-refractivity contribution >= 4 is 21.6 Å². The first-order valence-electron chi connectivity index (χ1n) is 6.65. The number of unbranched alkanes of at least 4 members (excludes halogenated alkanes) is 3. The largest absolute Gasteiger partial charge is 0.371 e. The van der Waals surface area contributed by atoms with Crippen molar-refractivity contribution in [3.8, 4) is 6.07 Å². The van der Waals surface area contributed by atoms with Crippen LogP contribution in [-0.2, 0) is 0 Å². The lowest BCUT2D eigenvalue weighted by molar-refractivity contribution is 0.644. The van der Waals surface area contributed by atoms with Crippen LogP contribution in [0.1, 0.15) is 39.0 Å². The zero-order valence-corrected chi connectivity index (χ0v) is 12.6. The quantitative estimate of drug-likeness (QED) is 0.648. The smallest absolute Gasteiger partial charge is 0.0640 e. The summed E-state index contributed by atoms with van der Waals surface area (Å²) in [6.07, 6.45) is 5.62. The van der Waals surface area contributed by atoms with Gasteiger partial charge in [0.2, 0.25) is 0 Å². The molecule has 0 aliphatic carbocycles. The Hall–Kier alpha value is -1.01. The molecule has 0 amide bonds. The van der Waals surface area contributed by atoms with Gasteiger partial charge in [0.25, 0.3) is 0 Å². The van der Waals surface area contributed by atoms with Gasteiger partial charge in [0.1, 0.15) is 0 Å². The molecule has 1 rings (SSSR count). The van der Waals surface area contributed by atoms with Gasteiger partial charge in [-0.05, 0) is 30.7 Å². The molecule has 3 heteroatoms. The lowest BCUT2D eigenvalue weighted by atomic mass is 10.2. The van der Waals surface area contributed by atoms with E-state index in [1.165, 1.54) is 31.4 Å². The molecule has 0 aliphatic heterocycles. The van der Waals surface area contributed by atoms with Crippen molar-refractivity contribution in [2.24, 2.45) is 0 Å². The van der Waals surface area contributed by atoms with Crippen LogP contribution in [0.4, 0.5) is 5.69 Å². The van der Waals surface area contributed by atoms with Gasteiger partial charge in [-0.25, -0.2) is 0 Å². The van der Waals surface area contributed by atoms with E-state index in [4.69, 9.17) is 5.26 Å². The van der Waals surface area contributed by atoms with E-state index in [1.807, 2.05) is 0 Å². The van der Waals surface area contributed by atoms with E-state index in [0.717, 1.165) is 17.6 Å². The normalized spacial score (nSPS) is 10.1. The van der Waals surface area contributed by atoms with Crippen molar-refractivity contribution in [3.63, 3.8) is 0 Å². The van der Waals surface area contributed by atoms with Gasteiger partial charge in [0, 0.05) is 23.2 Å². The van der Waals surface area contributed by atoms with Crippen LogP contribution >= 0.6 is 15.9 Å². The van der Waals surface area contributed by atoms with E-state index in [-0.39, 0.29) is 0 Å². The van der Waals surface area contributed by atoms with Gasteiger partial charge >= 0.3 is 0 Å². The average Bonchev–Trinajstić information content (AvgIpc) is 2.39. The minimum Gasteiger partial charge on any atom is -0.371 e. The van der Waals surface area contributed by atoms with Crippen molar-refractivity contribution in [2.75, 3.05) is 18.0 Å². The molecular weight excluding hydrogens is 288 g/mol. The predicted molar refractivity (Wildman–Crippen MR) is 80.7 cm³/mol. The Kier molecular flexibility index (Phi) is 7.52. The first-order valence-corrected chi connectivity index (χ1v) is 7.44. The summed E-state index contributed by atoms with van der Waals surface area (Å²) < 4.78 is 1.09. The van der Waals surface area contributed by atoms with Gasteiger partial charge in [0.15, 0.2) is 0 Å². The molecule has 98 valence electrons. The third-order valence-corrected chi connectivity index (χ3v) is 3.50. The summed E-state index contributed by atoms with van der Waals surface area (Å²) in [7, 11) is 0. The summed E-state index contributed by atoms with van der Waals surface area (Å²) in [6.45, 7) is 4.09. The molecule has 0 radical (unpaired) electrons. The van der Waals surface area contributed by atoms with E-state index in [2.05, 4.69) is 58.1 Å². The van der Waals surface area contributed by atoms with Gasteiger partial charge in [-0.15, -0.1) is 0 Å². The standard InChI is InChI=1S/C15H21BrN2/c1-2-3-4-5-12-18(13-6-11-17)15-9-7-14(16)8-10-15/h7-10H,2-6,12-13H2,1H3. The van der Waals surface area contributed by atoms with E-state index in [1.54, 1.807) is 0 Å². The number of hydrogen-bond acceptors (Lipinski definition) is 2. The van der Waals surface area contributed by atoms with Crippen LogP contribution in [0.2, 0.25) is 0 Å². The van der Waals surface area contributed by atoms with E-state index in [9.17, 15) is 0 Å². The van der Waals surface area contributed by atoms with Crippen molar-refractivity contribution in [3.05, 3.63) is 28.7 Å². The Morgan fingerprint density at radius 2 is 1.83 bits per heavy atom. The first kappa shape index (κ1) is 15.0. The number of hydrogen-bond donors (Lipinski definition) is 0. The molecule has 0 bridgehead atoms. The molecule has 0 heterocycles. The minimum absolute atomic E-state index is 0.587. The Labute approximate surface area is 119 Å². The molecule has 18 heavy (non-hydrogen) atoms. The molecule has 0 atom stereocenters. The fraction of sp³-hybridized carbons (Fsp3) is 0.533. The number of nitrogens with zero attached hydrogens (tertiary/aromatic N) is 2. The van der Waals surface area contributed by atoms with E-state index < -0.39 is 0 Å². The molecule has 0 saturated carbocycles. The highest BCUT2D eigenvalue weighted by Crippen LogP contribution is 2.19. The highest BCUT2D eigenvalue weighted by atomic mass is 79.9. The van der Waals surface area contributed by atoms with Crippen LogP contribution < -0.4 is 4.90 Å². The van der Waals surface area contributed by atoms with Crippen molar-refractivity contribution in [2.45, 2.75) is 39.0 Å². The molecule has 0 aliphatic rings. The zero-order valence-electron chi connectivity index (χ0n) is 11.0. The molecular formula is C15H21BrN2. The zero-order chi connectivity index (χ0) is 13.2. The summed E-state index contributed by atoms with van der Waals surface area (Å²) in [6, 6.07) is 10.6. The number of nitriles is 1. The van der Waals surface area contributed by atoms with E-state index >= 15 is 0 Å². The number of anilines is 1. The predicted octanol–water partition coefficient (Wildman–Crippen LogP) is 4.75. The van der Waals surface area contributed by atoms with Crippen LogP contribution in [0.5, 0.6) is 0 Å². The second-order valence-corrected chi connectivity index (χ2v) is 5.35. The molecule has 0 unspecified atom stereocenters. The van der Waals surface area contributed by atoms with Crippen molar-refractivity contribution < 1.29 is 0 Å². The van der Waals surface area contributed by atoms with Crippen LogP contribution in [-0.4, -0.2) is 13.1 Å². The summed E-state index contributed by atoms with van der Waals surface area (Å²) in [5.74, 6) is 0. The molecule has 1 aromatic rings. The van der Waals surface area contributed by atoms with Crippen LogP contribution in [0, 0.1) is 11.3 Å². The first-order chi connectivity index (χ1) is 8.77. The number of benzene rings is 1. The molecule has 0 aromatic heterocycles. The minimum atomic E-state index is 0.587. The average molecular weight is 309 g/mol. The third kappa shape index (κ3) is 5.55. The van der Waals surface area contributed by atoms with Gasteiger partial charge in [-0.3, -0.25) is 0 Å². The third-order valence-electron chi connectivity index (χ3n) is 2.97. The highest BCUT2D eigenvalue weighted by molar-refractivity contribution is 9.10. The Bertz CT molecular complexity index is 367. The summed E-state index contributed by atoms with van der Waals surface area (Å²) in [5.41, 5.74) is 1.21. The van der Waals surface area contributed by atoms with Gasteiger partial charge in [-0.2, -0.15) is 5.26 Å². The van der Waals surface area contributed by atoms with Crippen molar-refractivity contribution in [1.82, 2.24) is 0 Å². The molecule has 2 nitrogen and oxygen atoms in total. The highest BCUT2D eigenvalue weighted by Gasteiger charge is 2.05. The SMILES string of the molecule is CCCCCCN(CCC#N)c1ccc(Br)cc1. The summed E-state index contributed by atoms with van der Waals surface area (Å²) in [4.78, 5) is 2.31. The fourth-order valence-corrected chi connectivity index (χ4v) is 2.20. The molecule has 0 saturated heterocycles. The number of halogens is 1. The van der Waals surface area contributed by atoms with Crippen LogP contribution in [0.15, 0.2) is 28.7 Å². The number of rotatable bonds is 8. The van der Waals surface area contributed by atoms with Crippen LogP contribution in [0.25, 0.3) is 0 Å². The van der Waals surface area contributed by atoms with E-state index in [0.29, 0.717) is 6.42 Å². The Balaban J connectivity index is 2.54. The Morgan fingerprint density at radius 3 is 2.44 bits per heavy atom. The molecule has 1 aromatic carbocycles. The lowest BCUT2D eigenvalue weighted by Gasteiger charge is -2.24. The maximum Gasteiger partial charge on any atom is 0.0640 e. The maximum atomic E-state index is 8.73.